The number of aliphatic hydroxyl groups is 1. The molecule has 0 aliphatic carbocycles. The first-order chi connectivity index (χ1) is 11.0. The van der Waals surface area contributed by atoms with Crippen LogP contribution in [0.5, 0.6) is 0 Å². The third-order valence-corrected chi connectivity index (χ3v) is 3.93. The molecule has 124 valence electrons. The largest absolute Gasteiger partial charge is 0.464 e. The van der Waals surface area contributed by atoms with Crippen molar-refractivity contribution in [1.82, 2.24) is 15.0 Å². The van der Waals surface area contributed by atoms with Gasteiger partial charge in [-0.3, -0.25) is 4.90 Å². The minimum Gasteiger partial charge on any atom is -0.464 e. The molecule has 0 aromatic carbocycles. The molecule has 2 atom stereocenters. The van der Waals surface area contributed by atoms with E-state index in [4.69, 9.17) is 8.94 Å². The Morgan fingerprint density at radius 1 is 1.52 bits per heavy atom. The Kier molecular flexibility index (Phi) is 4.44. The Bertz CT molecular complexity index is 680. The van der Waals surface area contributed by atoms with Crippen LogP contribution in [0.3, 0.4) is 0 Å². The lowest BCUT2D eigenvalue weighted by Crippen LogP contribution is -2.21. The predicted octanol–water partition coefficient (Wildman–Crippen LogP) is 0.793. The van der Waals surface area contributed by atoms with E-state index in [1.807, 2.05) is 17.9 Å². The normalized spacial score (nSPS) is 21.7. The van der Waals surface area contributed by atoms with Gasteiger partial charge in [0.1, 0.15) is 12.0 Å². The van der Waals surface area contributed by atoms with Gasteiger partial charge in [0.2, 0.25) is 5.89 Å². The molecule has 0 amide bonds. The highest BCUT2D eigenvalue weighted by Crippen LogP contribution is 2.23. The lowest BCUT2D eigenvalue weighted by atomic mass is 10.0. The summed E-state index contributed by atoms with van der Waals surface area (Å²) in [6.07, 6.45) is 1.47. The number of rotatable bonds is 5. The van der Waals surface area contributed by atoms with Crippen LogP contribution in [-0.4, -0.2) is 52.4 Å². The highest BCUT2D eigenvalue weighted by atomic mass is 16.5. The van der Waals surface area contributed by atoms with Gasteiger partial charge in [-0.25, -0.2) is 9.78 Å². The molecule has 3 heterocycles. The maximum Gasteiger partial charge on any atom is 0.360 e. The number of β-amino-alcohol motifs (C(OH)–C–C–N with tert-alkyl or cyclic N) is 1. The zero-order valence-corrected chi connectivity index (χ0v) is 13.1. The molecule has 0 unspecified atom stereocenters. The highest BCUT2D eigenvalue weighted by molar-refractivity contribution is 5.86. The van der Waals surface area contributed by atoms with E-state index in [9.17, 15) is 9.90 Å². The smallest absolute Gasteiger partial charge is 0.360 e. The number of carbonyl (C=O) groups is 1. The number of nitrogens with zero attached hydrogens (tertiary/aromatic N) is 3. The molecule has 23 heavy (non-hydrogen) atoms. The number of esters is 1. The molecule has 2 aromatic rings. The zero-order valence-electron chi connectivity index (χ0n) is 13.1. The van der Waals surface area contributed by atoms with Crippen molar-refractivity contribution in [3.63, 3.8) is 0 Å². The summed E-state index contributed by atoms with van der Waals surface area (Å²) < 4.78 is 15.1. The van der Waals surface area contributed by atoms with Gasteiger partial charge in [-0.15, -0.1) is 0 Å². The fraction of sp³-hybridized carbons (Fsp3) is 0.533. The lowest BCUT2D eigenvalue weighted by Gasteiger charge is -2.12. The van der Waals surface area contributed by atoms with Crippen molar-refractivity contribution < 1.29 is 23.6 Å². The quantitative estimate of drug-likeness (QED) is 0.807. The van der Waals surface area contributed by atoms with Crippen LogP contribution in [0.15, 0.2) is 21.3 Å². The van der Waals surface area contributed by atoms with Gasteiger partial charge in [0.05, 0.1) is 25.5 Å². The van der Waals surface area contributed by atoms with Crippen molar-refractivity contribution >= 4 is 5.97 Å². The van der Waals surface area contributed by atoms with Gasteiger partial charge in [0, 0.05) is 31.5 Å². The fourth-order valence-corrected chi connectivity index (χ4v) is 2.82. The van der Waals surface area contributed by atoms with Gasteiger partial charge in [-0.1, -0.05) is 5.16 Å². The Balaban J connectivity index is 1.58. The van der Waals surface area contributed by atoms with Crippen molar-refractivity contribution in [1.29, 1.82) is 0 Å². The first-order valence-corrected chi connectivity index (χ1v) is 7.40. The summed E-state index contributed by atoms with van der Waals surface area (Å²) in [5.41, 5.74) is 0.982. The second-order valence-electron chi connectivity index (χ2n) is 5.78. The second-order valence-corrected chi connectivity index (χ2v) is 5.78. The average Bonchev–Trinajstić information content (AvgIpc) is 3.22. The second kappa shape index (κ2) is 6.51. The topological polar surface area (TPSA) is 102 Å². The number of ether oxygens (including phenoxy) is 1. The van der Waals surface area contributed by atoms with E-state index in [0.29, 0.717) is 31.9 Å². The fourth-order valence-electron chi connectivity index (χ4n) is 2.82. The first kappa shape index (κ1) is 15.7. The summed E-state index contributed by atoms with van der Waals surface area (Å²) in [5.74, 6) is 0.740. The summed E-state index contributed by atoms with van der Waals surface area (Å²) in [6, 6.07) is 1.88. The van der Waals surface area contributed by atoms with Gasteiger partial charge in [-0.2, -0.15) is 0 Å². The molecule has 0 bridgehead atoms. The number of aliphatic hydroxyl groups excluding tert-OH is 1. The van der Waals surface area contributed by atoms with E-state index in [1.54, 1.807) is 0 Å². The number of hydrogen-bond acceptors (Lipinski definition) is 8. The van der Waals surface area contributed by atoms with Gasteiger partial charge >= 0.3 is 5.97 Å². The van der Waals surface area contributed by atoms with E-state index < -0.39 is 12.1 Å². The Morgan fingerprint density at radius 3 is 3.04 bits per heavy atom. The molecule has 2 aromatic heterocycles. The molecule has 8 nitrogen and oxygen atoms in total. The number of hydrogen-bond donors (Lipinski definition) is 1. The molecule has 1 saturated heterocycles. The molecule has 1 aliphatic rings. The van der Waals surface area contributed by atoms with Crippen LogP contribution in [-0.2, 0) is 17.7 Å². The summed E-state index contributed by atoms with van der Waals surface area (Å²) in [6.45, 7) is 3.51. The zero-order chi connectivity index (χ0) is 16.4. The van der Waals surface area contributed by atoms with Gasteiger partial charge in [0.15, 0.2) is 5.69 Å². The van der Waals surface area contributed by atoms with Crippen LogP contribution >= 0.6 is 0 Å². The Hall–Kier alpha value is -2.19. The van der Waals surface area contributed by atoms with Crippen LogP contribution in [0.2, 0.25) is 0 Å². The minimum absolute atomic E-state index is 0.0670. The molecule has 1 fully saturated rings. The lowest BCUT2D eigenvalue weighted by molar-refractivity contribution is 0.0594. The molecule has 8 heteroatoms. The average molecular weight is 321 g/mol. The minimum atomic E-state index is -0.528. The van der Waals surface area contributed by atoms with Crippen LogP contribution in [0.25, 0.3) is 0 Å². The number of aromatic nitrogens is 2. The van der Waals surface area contributed by atoms with Crippen LogP contribution in [0.1, 0.15) is 27.8 Å². The van der Waals surface area contributed by atoms with Gasteiger partial charge in [0.25, 0.3) is 0 Å². The molecular weight excluding hydrogens is 302 g/mol. The molecule has 1 N–H and O–H groups in total. The summed E-state index contributed by atoms with van der Waals surface area (Å²) in [5, 5.41) is 14.1. The molecule has 0 spiro atoms. The summed E-state index contributed by atoms with van der Waals surface area (Å²) in [4.78, 5) is 17.5. The molecule has 1 aliphatic heterocycles. The van der Waals surface area contributed by atoms with E-state index in [0.717, 1.165) is 11.5 Å². The maximum absolute atomic E-state index is 11.4. The van der Waals surface area contributed by atoms with Crippen molar-refractivity contribution in [2.75, 3.05) is 20.2 Å². The van der Waals surface area contributed by atoms with Crippen molar-refractivity contribution in [2.24, 2.45) is 5.92 Å². The van der Waals surface area contributed by atoms with E-state index in [2.05, 4.69) is 14.9 Å². The Labute approximate surface area is 133 Å². The monoisotopic (exact) mass is 321 g/mol. The summed E-state index contributed by atoms with van der Waals surface area (Å²) >= 11 is 0. The standard InChI is InChI=1S/C15H19N3O5/c1-9-3-11(23-17-9)4-10-5-18(6-13(10)19)7-14-16-12(8-22-14)15(20)21-2/h3,8,10,13,19H,4-7H2,1-2H3/t10-,13+/m1/s1. The molecule has 3 rings (SSSR count). The van der Waals surface area contributed by atoms with Gasteiger partial charge < -0.3 is 18.8 Å². The first-order valence-electron chi connectivity index (χ1n) is 7.40. The summed E-state index contributed by atoms with van der Waals surface area (Å²) in [7, 11) is 1.29. The number of likely N-dealkylation sites (tertiary alicyclic amines) is 1. The molecular formula is C15H19N3O5. The van der Waals surface area contributed by atoms with E-state index >= 15 is 0 Å². The third-order valence-electron chi connectivity index (χ3n) is 3.93. The molecule has 0 radical (unpaired) electrons. The molecule has 0 saturated carbocycles. The van der Waals surface area contributed by atoms with Crippen molar-refractivity contribution in [2.45, 2.75) is 26.0 Å². The number of aryl methyl sites for hydroxylation is 1. The number of oxazole rings is 1. The highest BCUT2D eigenvalue weighted by Gasteiger charge is 2.33. The Morgan fingerprint density at radius 2 is 2.35 bits per heavy atom. The van der Waals surface area contributed by atoms with Crippen molar-refractivity contribution in [3.8, 4) is 0 Å². The van der Waals surface area contributed by atoms with E-state index in [-0.39, 0.29) is 11.6 Å². The maximum atomic E-state index is 11.4. The van der Waals surface area contributed by atoms with E-state index in [1.165, 1.54) is 13.4 Å². The predicted molar refractivity (Wildman–Crippen MR) is 77.6 cm³/mol. The third kappa shape index (κ3) is 3.59. The van der Waals surface area contributed by atoms with Crippen molar-refractivity contribution in [3.05, 3.63) is 35.4 Å². The van der Waals surface area contributed by atoms with Crippen LogP contribution in [0, 0.1) is 12.8 Å². The van der Waals surface area contributed by atoms with Crippen LogP contribution in [0.4, 0.5) is 0 Å². The number of methoxy groups -OCH3 is 1. The SMILES string of the molecule is COC(=O)c1coc(CN2C[C@@H](Cc3cc(C)no3)[C@@H](O)C2)n1. The van der Waals surface area contributed by atoms with Gasteiger partial charge in [-0.05, 0) is 6.92 Å². The number of carbonyl (C=O) groups excluding carboxylic acids is 1. The van der Waals surface area contributed by atoms with Crippen LogP contribution < -0.4 is 0 Å².